The molecule has 9 nitrogen and oxygen atoms in total. The molecule has 1 amide bonds. The van der Waals surface area contributed by atoms with Crippen LogP contribution in [0.25, 0.3) is 11.0 Å². The summed E-state index contributed by atoms with van der Waals surface area (Å²) in [5, 5.41) is 16.3. The van der Waals surface area contributed by atoms with E-state index in [0.717, 1.165) is 28.9 Å². The van der Waals surface area contributed by atoms with Gasteiger partial charge in [0.25, 0.3) is 0 Å². The lowest BCUT2D eigenvalue weighted by molar-refractivity contribution is 0.168. The van der Waals surface area contributed by atoms with Gasteiger partial charge in [-0.3, -0.25) is 5.32 Å². The van der Waals surface area contributed by atoms with Crippen molar-refractivity contribution in [2.75, 3.05) is 11.9 Å². The fraction of sp³-hybridized carbons (Fsp3) is 0.421. The molecule has 0 atom stereocenters. The van der Waals surface area contributed by atoms with E-state index >= 15 is 0 Å². The van der Waals surface area contributed by atoms with Crippen LogP contribution in [-0.2, 0) is 10.5 Å². The third-order valence-electron chi connectivity index (χ3n) is 4.84. The van der Waals surface area contributed by atoms with E-state index in [1.165, 1.54) is 30.7 Å². The molecule has 10 heteroatoms. The number of hydrogen-bond acceptors (Lipinski definition) is 8. The highest BCUT2D eigenvalue weighted by molar-refractivity contribution is 7.98. The molecule has 2 heterocycles. The van der Waals surface area contributed by atoms with Gasteiger partial charge in [0.2, 0.25) is 5.16 Å². The van der Waals surface area contributed by atoms with Crippen LogP contribution >= 0.6 is 11.8 Å². The Balaban J connectivity index is 1.55. The lowest BCUT2D eigenvalue weighted by Crippen LogP contribution is -2.13. The zero-order valence-corrected chi connectivity index (χ0v) is 16.8. The number of tetrazole rings is 1. The van der Waals surface area contributed by atoms with Crippen LogP contribution in [0.2, 0.25) is 0 Å². The number of rotatable bonds is 6. The molecule has 0 bridgehead atoms. The topological polar surface area (TPSA) is 112 Å². The van der Waals surface area contributed by atoms with Gasteiger partial charge in [-0.15, -0.1) is 5.10 Å². The number of benzene rings is 1. The summed E-state index contributed by atoms with van der Waals surface area (Å²) in [6, 6.07) is 7.01. The van der Waals surface area contributed by atoms with Crippen molar-refractivity contribution in [3.63, 3.8) is 0 Å². The highest BCUT2D eigenvalue weighted by Gasteiger charge is 2.22. The van der Waals surface area contributed by atoms with Crippen molar-refractivity contribution >= 4 is 34.5 Å². The largest absolute Gasteiger partial charge is 0.450 e. The summed E-state index contributed by atoms with van der Waals surface area (Å²) in [7, 11) is 0. The van der Waals surface area contributed by atoms with Gasteiger partial charge < -0.3 is 9.15 Å². The van der Waals surface area contributed by atoms with Crippen LogP contribution in [0.3, 0.4) is 0 Å². The first kappa shape index (κ1) is 19.4. The molecule has 1 N–H and O–H groups in total. The number of fused-ring (bicyclic) bond motifs is 1. The Hall–Kier alpha value is -2.88. The van der Waals surface area contributed by atoms with Crippen LogP contribution in [-0.4, -0.2) is 32.9 Å². The molecule has 1 aliphatic carbocycles. The number of hydrogen-bond donors (Lipinski definition) is 1. The maximum atomic E-state index is 12.0. The Morgan fingerprint density at radius 2 is 2.17 bits per heavy atom. The number of nitrogens with zero attached hydrogens (tertiary/aromatic N) is 4. The van der Waals surface area contributed by atoms with Crippen molar-refractivity contribution in [1.82, 2.24) is 20.2 Å². The lowest BCUT2D eigenvalue weighted by atomic mass is 10.1. The molecule has 0 spiro atoms. The standard InChI is InChI=1S/C19H21N5O4S/c1-2-27-19(26)20-13-7-8-15-12(9-17(25)28-16(15)10-13)11-29-18-21-22-23-24(18)14-5-3-4-6-14/h7-10,14H,2-6,11H2,1H3,(H,20,26). The van der Waals surface area contributed by atoms with Crippen LogP contribution in [0.4, 0.5) is 10.5 Å². The summed E-state index contributed by atoms with van der Waals surface area (Å²) in [6.45, 7) is 2.00. The molecular weight excluding hydrogens is 394 g/mol. The minimum atomic E-state index is -0.556. The van der Waals surface area contributed by atoms with Gasteiger partial charge in [-0.1, -0.05) is 24.6 Å². The Bertz CT molecular complexity index is 1070. The first-order valence-corrected chi connectivity index (χ1v) is 10.5. The number of anilines is 1. The molecular formula is C19H21N5O4S. The average molecular weight is 415 g/mol. The van der Waals surface area contributed by atoms with E-state index in [4.69, 9.17) is 9.15 Å². The van der Waals surface area contributed by atoms with E-state index in [-0.39, 0.29) is 6.61 Å². The Morgan fingerprint density at radius 1 is 1.34 bits per heavy atom. The van der Waals surface area contributed by atoms with E-state index in [9.17, 15) is 9.59 Å². The van der Waals surface area contributed by atoms with Gasteiger partial charge in [0.1, 0.15) is 5.58 Å². The molecule has 4 rings (SSSR count). The molecule has 0 radical (unpaired) electrons. The van der Waals surface area contributed by atoms with Crippen molar-refractivity contribution in [3.8, 4) is 0 Å². The Labute approximate surface area is 170 Å². The summed E-state index contributed by atoms with van der Waals surface area (Å²) in [4.78, 5) is 23.7. The second kappa shape index (κ2) is 8.64. The Morgan fingerprint density at radius 3 is 2.97 bits per heavy atom. The van der Waals surface area contributed by atoms with Crippen LogP contribution in [0, 0.1) is 0 Å². The van der Waals surface area contributed by atoms with Gasteiger partial charge in [0, 0.05) is 29.0 Å². The monoisotopic (exact) mass is 415 g/mol. The molecule has 1 fully saturated rings. The van der Waals surface area contributed by atoms with E-state index in [2.05, 4.69) is 20.8 Å². The van der Waals surface area contributed by atoms with E-state index < -0.39 is 11.7 Å². The van der Waals surface area contributed by atoms with Crippen molar-refractivity contribution in [2.24, 2.45) is 0 Å². The second-order valence-corrected chi connectivity index (χ2v) is 7.72. The number of aromatic nitrogens is 4. The number of ether oxygens (including phenoxy) is 1. The van der Waals surface area contributed by atoms with Crippen molar-refractivity contribution in [2.45, 2.75) is 49.6 Å². The van der Waals surface area contributed by atoms with Crippen LogP contribution in [0.15, 0.2) is 38.6 Å². The Kier molecular flexibility index (Phi) is 5.79. The zero-order chi connectivity index (χ0) is 20.2. The number of nitrogens with one attached hydrogen (secondary N) is 1. The second-order valence-electron chi connectivity index (χ2n) is 6.78. The number of thioether (sulfide) groups is 1. The lowest BCUT2D eigenvalue weighted by Gasteiger charge is -2.11. The van der Waals surface area contributed by atoms with Gasteiger partial charge in [-0.25, -0.2) is 14.3 Å². The summed E-state index contributed by atoms with van der Waals surface area (Å²) in [5.74, 6) is 0.528. The minimum Gasteiger partial charge on any atom is -0.450 e. The van der Waals surface area contributed by atoms with Crippen LogP contribution < -0.4 is 10.9 Å². The fourth-order valence-corrected chi connectivity index (χ4v) is 4.45. The van der Waals surface area contributed by atoms with E-state index in [1.807, 2.05) is 10.7 Å². The van der Waals surface area contributed by atoms with Crippen molar-refractivity contribution in [3.05, 3.63) is 40.2 Å². The SMILES string of the molecule is CCOC(=O)Nc1ccc2c(CSc3nnnn3C3CCCC3)cc(=O)oc2c1. The third-order valence-corrected chi connectivity index (χ3v) is 5.82. The highest BCUT2D eigenvalue weighted by atomic mass is 32.2. The van der Waals surface area contributed by atoms with Gasteiger partial charge in [0.15, 0.2) is 0 Å². The highest BCUT2D eigenvalue weighted by Crippen LogP contribution is 2.33. The first-order valence-electron chi connectivity index (χ1n) is 9.55. The smallest absolute Gasteiger partial charge is 0.411 e. The molecule has 0 aliphatic heterocycles. The molecule has 1 aliphatic rings. The normalized spacial score (nSPS) is 14.4. The van der Waals surface area contributed by atoms with Crippen LogP contribution in [0.5, 0.6) is 0 Å². The van der Waals surface area contributed by atoms with Crippen molar-refractivity contribution in [1.29, 1.82) is 0 Å². The fourth-order valence-electron chi connectivity index (χ4n) is 3.51. The summed E-state index contributed by atoms with van der Waals surface area (Å²) >= 11 is 1.50. The summed E-state index contributed by atoms with van der Waals surface area (Å²) in [6.07, 6.45) is 4.02. The predicted octanol–water partition coefficient (Wildman–Crippen LogP) is 3.76. The van der Waals surface area contributed by atoms with Crippen LogP contribution in [0.1, 0.15) is 44.2 Å². The molecule has 3 aromatic rings. The average Bonchev–Trinajstić information content (AvgIpc) is 3.37. The summed E-state index contributed by atoms with van der Waals surface area (Å²) < 4.78 is 12.1. The molecule has 29 heavy (non-hydrogen) atoms. The third kappa shape index (κ3) is 4.42. The first-order chi connectivity index (χ1) is 14.1. The number of carbonyl (C=O) groups excluding carboxylic acids is 1. The molecule has 1 saturated carbocycles. The number of carbonyl (C=O) groups is 1. The zero-order valence-electron chi connectivity index (χ0n) is 16.0. The van der Waals surface area contributed by atoms with Gasteiger partial charge in [-0.2, -0.15) is 0 Å². The van der Waals surface area contributed by atoms with Gasteiger partial charge >= 0.3 is 11.7 Å². The maximum absolute atomic E-state index is 12.0. The molecule has 1 aromatic carbocycles. The molecule has 152 valence electrons. The quantitative estimate of drug-likeness (QED) is 0.478. The molecule has 0 unspecified atom stereocenters. The van der Waals surface area contributed by atoms with Gasteiger partial charge in [0.05, 0.1) is 12.6 Å². The molecule has 0 saturated heterocycles. The van der Waals surface area contributed by atoms with E-state index in [0.29, 0.717) is 23.1 Å². The molecule has 2 aromatic heterocycles. The predicted molar refractivity (Wildman–Crippen MR) is 108 cm³/mol. The minimum absolute atomic E-state index is 0.274. The van der Waals surface area contributed by atoms with Crippen molar-refractivity contribution < 1.29 is 13.9 Å². The summed E-state index contributed by atoms with van der Waals surface area (Å²) in [5.41, 5.74) is 1.27. The van der Waals surface area contributed by atoms with E-state index in [1.54, 1.807) is 19.1 Å². The maximum Gasteiger partial charge on any atom is 0.411 e. The number of amides is 1. The van der Waals surface area contributed by atoms with Gasteiger partial charge in [-0.05, 0) is 47.9 Å².